The number of nitrogens with zero attached hydrogens (tertiary/aromatic N) is 1. The molecule has 0 amide bonds. The van der Waals surface area contributed by atoms with Gasteiger partial charge in [0, 0.05) is 12.6 Å². The van der Waals surface area contributed by atoms with Crippen molar-refractivity contribution < 1.29 is 27.1 Å². The predicted molar refractivity (Wildman–Crippen MR) is 70.7 cm³/mol. The van der Waals surface area contributed by atoms with Crippen LogP contribution in [0.1, 0.15) is 13.3 Å². The van der Waals surface area contributed by atoms with E-state index in [-0.39, 0.29) is 11.0 Å². The van der Waals surface area contributed by atoms with E-state index in [1.54, 1.807) is 6.92 Å². The van der Waals surface area contributed by atoms with Crippen molar-refractivity contribution in [2.24, 2.45) is 0 Å². The molecule has 9 heteroatoms. The van der Waals surface area contributed by atoms with Gasteiger partial charge in [-0.3, -0.25) is 4.79 Å². The molecule has 0 saturated carbocycles. The van der Waals surface area contributed by atoms with Crippen LogP contribution in [0, 0.1) is 11.6 Å². The molecule has 0 saturated heterocycles. The minimum atomic E-state index is -4.35. The zero-order valence-corrected chi connectivity index (χ0v) is 12.8. The molecule has 0 aliphatic heterocycles. The first-order chi connectivity index (χ1) is 9.20. The quantitative estimate of drug-likeness (QED) is 0.777. The largest absolute Gasteiger partial charge is 0.480 e. The van der Waals surface area contributed by atoms with Crippen LogP contribution < -0.4 is 0 Å². The molecular formula is C11H12BrF2NO4S. The Bertz CT molecular complexity index is 621. The zero-order chi connectivity index (χ0) is 15.5. The first kappa shape index (κ1) is 17.0. The van der Waals surface area contributed by atoms with Gasteiger partial charge in [0.1, 0.15) is 23.1 Å². The van der Waals surface area contributed by atoms with Gasteiger partial charge in [0.15, 0.2) is 0 Å². The fourth-order valence-electron chi connectivity index (χ4n) is 1.53. The monoisotopic (exact) mass is 371 g/mol. The van der Waals surface area contributed by atoms with E-state index < -0.39 is 39.1 Å². The second-order valence-electron chi connectivity index (χ2n) is 3.93. The van der Waals surface area contributed by atoms with Gasteiger partial charge < -0.3 is 5.11 Å². The number of carboxylic acids is 1. The van der Waals surface area contributed by atoms with Gasteiger partial charge in [-0.2, -0.15) is 4.31 Å². The van der Waals surface area contributed by atoms with Gasteiger partial charge in [-0.05, 0) is 28.4 Å². The number of carbonyl (C=O) groups is 1. The highest BCUT2D eigenvalue weighted by Crippen LogP contribution is 2.26. The Balaban J connectivity index is 3.32. The van der Waals surface area contributed by atoms with Crippen LogP contribution in [0.4, 0.5) is 8.78 Å². The highest BCUT2D eigenvalue weighted by Gasteiger charge is 2.29. The number of carboxylic acid groups (broad SMARTS) is 1. The van der Waals surface area contributed by atoms with E-state index in [4.69, 9.17) is 5.11 Å². The summed E-state index contributed by atoms with van der Waals surface area (Å²) in [4.78, 5) is 9.94. The lowest BCUT2D eigenvalue weighted by atomic mass is 10.3. The molecule has 0 aliphatic carbocycles. The van der Waals surface area contributed by atoms with Crippen LogP contribution in [0.3, 0.4) is 0 Å². The molecule has 1 aromatic carbocycles. The standard InChI is InChI=1S/C11H12BrF2NO4S/c1-2-3-15(6-11(16)17)20(18,19)10-4-7(12)8(13)5-9(10)14/h4-5H,2-3,6H2,1H3,(H,16,17). The summed E-state index contributed by atoms with van der Waals surface area (Å²) in [5.41, 5.74) is 0. The fraction of sp³-hybridized carbons (Fsp3) is 0.364. The molecule has 0 bridgehead atoms. The van der Waals surface area contributed by atoms with E-state index in [1.807, 2.05) is 0 Å². The van der Waals surface area contributed by atoms with Gasteiger partial charge in [0.05, 0.1) is 4.47 Å². The van der Waals surface area contributed by atoms with Gasteiger partial charge >= 0.3 is 5.97 Å². The first-order valence-electron chi connectivity index (χ1n) is 5.56. The highest BCUT2D eigenvalue weighted by molar-refractivity contribution is 9.10. The maximum absolute atomic E-state index is 13.7. The second kappa shape index (κ2) is 6.59. The van der Waals surface area contributed by atoms with Gasteiger partial charge in [-0.25, -0.2) is 17.2 Å². The molecule has 20 heavy (non-hydrogen) atoms. The molecule has 0 atom stereocenters. The van der Waals surface area contributed by atoms with E-state index >= 15 is 0 Å². The van der Waals surface area contributed by atoms with Crippen molar-refractivity contribution in [3.8, 4) is 0 Å². The van der Waals surface area contributed by atoms with Crippen molar-refractivity contribution in [2.75, 3.05) is 13.1 Å². The number of halogens is 3. The van der Waals surface area contributed by atoms with Crippen LogP contribution in [0.5, 0.6) is 0 Å². The van der Waals surface area contributed by atoms with Crippen molar-refractivity contribution in [3.05, 3.63) is 28.2 Å². The topological polar surface area (TPSA) is 74.7 Å². The minimum Gasteiger partial charge on any atom is -0.480 e. The Kier molecular flexibility index (Phi) is 5.60. The predicted octanol–water partition coefficient (Wildman–Crippen LogP) is 2.21. The molecule has 0 spiro atoms. The molecule has 112 valence electrons. The van der Waals surface area contributed by atoms with Crippen molar-refractivity contribution in [1.82, 2.24) is 4.31 Å². The van der Waals surface area contributed by atoms with Crippen LogP contribution in [0.15, 0.2) is 21.5 Å². The van der Waals surface area contributed by atoms with Gasteiger partial charge in [0.2, 0.25) is 10.0 Å². The summed E-state index contributed by atoms with van der Waals surface area (Å²) in [5.74, 6) is -3.57. The lowest BCUT2D eigenvalue weighted by molar-refractivity contribution is -0.137. The number of benzene rings is 1. The van der Waals surface area contributed by atoms with Crippen LogP contribution in [0.25, 0.3) is 0 Å². The first-order valence-corrected chi connectivity index (χ1v) is 7.80. The highest BCUT2D eigenvalue weighted by atomic mass is 79.9. The maximum atomic E-state index is 13.7. The van der Waals surface area contributed by atoms with Crippen LogP contribution in [-0.4, -0.2) is 36.9 Å². The van der Waals surface area contributed by atoms with E-state index in [0.29, 0.717) is 16.8 Å². The second-order valence-corrected chi connectivity index (χ2v) is 6.69. The van der Waals surface area contributed by atoms with Crippen molar-refractivity contribution in [2.45, 2.75) is 18.2 Å². The smallest absolute Gasteiger partial charge is 0.318 e. The van der Waals surface area contributed by atoms with Crippen molar-refractivity contribution in [1.29, 1.82) is 0 Å². The SMILES string of the molecule is CCCN(CC(=O)O)S(=O)(=O)c1cc(Br)c(F)cc1F. The van der Waals surface area contributed by atoms with Crippen LogP contribution in [-0.2, 0) is 14.8 Å². The fourth-order valence-corrected chi connectivity index (χ4v) is 3.57. The number of aliphatic carboxylic acids is 1. The summed E-state index contributed by atoms with van der Waals surface area (Å²) in [6.45, 7) is 0.787. The summed E-state index contributed by atoms with van der Waals surface area (Å²) in [5, 5.41) is 8.72. The molecule has 1 aromatic rings. The molecular weight excluding hydrogens is 360 g/mol. The number of hydrogen-bond acceptors (Lipinski definition) is 3. The van der Waals surface area contributed by atoms with E-state index in [9.17, 15) is 22.0 Å². The molecule has 0 aromatic heterocycles. The number of sulfonamides is 1. The van der Waals surface area contributed by atoms with Gasteiger partial charge in [-0.1, -0.05) is 6.92 Å². The molecule has 1 rings (SSSR count). The summed E-state index contributed by atoms with van der Waals surface area (Å²) in [6.07, 6.45) is 0.358. The third-order valence-corrected chi connectivity index (χ3v) is 4.85. The number of hydrogen-bond donors (Lipinski definition) is 1. The molecule has 5 nitrogen and oxygen atoms in total. The van der Waals surface area contributed by atoms with Crippen LogP contribution >= 0.6 is 15.9 Å². The lowest BCUT2D eigenvalue weighted by Crippen LogP contribution is -2.36. The molecule has 0 aliphatic rings. The minimum absolute atomic E-state index is 0.0803. The average molecular weight is 372 g/mol. The van der Waals surface area contributed by atoms with E-state index in [0.717, 1.165) is 6.07 Å². The maximum Gasteiger partial charge on any atom is 0.318 e. The molecule has 0 radical (unpaired) electrons. The Labute approximate surface area is 123 Å². The van der Waals surface area contributed by atoms with Gasteiger partial charge in [0.25, 0.3) is 0 Å². The Morgan fingerprint density at radius 2 is 1.95 bits per heavy atom. The average Bonchev–Trinajstić information content (AvgIpc) is 2.32. The Morgan fingerprint density at radius 1 is 1.35 bits per heavy atom. The summed E-state index contributed by atoms with van der Waals surface area (Å²) < 4.78 is 51.6. The van der Waals surface area contributed by atoms with Crippen LogP contribution in [0.2, 0.25) is 0 Å². The third kappa shape index (κ3) is 3.74. The normalized spacial score (nSPS) is 11.8. The van der Waals surface area contributed by atoms with Crippen molar-refractivity contribution >= 4 is 31.9 Å². The summed E-state index contributed by atoms with van der Waals surface area (Å²) in [7, 11) is -4.35. The lowest BCUT2D eigenvalue weighted by Gasteiger charge is -2.20. The molecule has 1 N–H and O–H groups in total. The Morgan fingerprint density at radius 3 is 2.45 bits per heavy atom. The Hall–Kier alpha value is -1.06. The van der Waals surface area contributed by atoms with Gasteiger partial charge in [-0.15, -0.1) is 0 Å². The number of rotatable bonds is 6. The summed E-state index contributed by atoms with van der Waals surface area (Å²) >= 11 is 2.77. The third-order valence-electron chi connectivity index (χ3n) is 2.38. The molecule has 0 fully saturated rings. The molecule has 0 heterocycles. The van der Waals surface area contributed by atoms with E-state index in [2.05, 4.69) is 15.9 Å². The summed E-state index contributed by atoms with van der Waals surface area (Å²) in [6, 6.07) is 1.21. The van der Waals surface area contributed by atoms with Crippen molar-refractivity contribution in [3.63, 3.8) is 0 Å². The molecule has 0 unspecified atom stereocenters. The zero-order valence-electron chi connectivity index (χ0n) is 10.4. The van der Waals surface area contributed by atoms with E-state index in [1.165, 1.54) is 0 Å².